The molecule has 124 valence electrons. The average Bonchev–Trinajstić information content (AvgIpc) is 2.61. The predicted octanol–water partition coefficient (Wildman–Crippen LogP) is 6.97. The Labute approximate surface area is 158 Å². The van der Waals surface area contributed by atoms with Gasteiger partial charge < -0.3 is 5.11 Å². The molecule has 6 heteroatoms. The van der Waals surface area contributed by atoms with Gasteiger partial charge in [0.05, 0.1) is 17.1 Å². The SMILES string of the molecule is Oc1ccc(N=Nc2cccc(Br)c2)cc1C=Nc1ccc(Cl)cc1. The molecule has 4 nitrogen and oxygen atoms in total. The Balaban J connectivity index is 1.81. The molecule has 0 aliphatic carbocycles. The van der Waals surface area contributed by atoms with Crippen LogP contribution in [-0.2, 0) is 0 Å². The van der Waals surface area contributed by atoms with Crippen molar-refractivity contribution in [3.05, 3.63) is 81.8 Å². The van der Waals surface area contributed by atoms with Crippen molar-refractivity contribution in [1.82, 2.24) is 0 Å². The maximum atomic E-state index is 9.99. The van der Waals surface area contributed by atoms with Gasteiger partial charge in [0.15, 0.2) is 0 Å². The molecule has 0 unspecified atom stereocenters. The largest absolute Gasteiger partial charge is 0.507 e. The number of aromatic hydroxyl groups is 1. The fourth-order valence-electron chi connectivity index (χ4n) is 2.03. The minimum Gasteiger partial charge on any atom is -0.507 e. The molecule has 3 aromatic carbocycles. The molecule has 0 saturated carbocycles. The molecular formula is C19H13BrClN3O. The van der Waals surface area contributed by atoms with E-state index in [-0.39, 0.29) is 5.75 Å². The van der Waals surface area contributed by atoms with Gasteiger partial charge in [-0.2, -0.15) is 10.2 Å². The maximum absolute atomic E-state index is 9.99. The highest BCUT2D eigenvalue weighted by molar-refractivity contribution is 9.10. The topological polar surface area (TPSA) is 57.3 Å². The second-order valence-corrected chi connectivity index (χ2v) is 6.51. The highest BCUT2D eigenvalue weighted by Gasteiger charge is 2.01. The van der Waals surface area contributed by atoms with E-state index in [1.165, 1.54) is 0 Å². The van der Waals surface area contributed by atoms with Crippen molar-refractivity contribution < 1.29 is 5.11 Å². The fraction of sp³-hybridized carbons (Fsp3) is 0. The van der Waals surface area contributed by atoms with Crippen molar-refractivity contribution in [3.8, 4) is 5.75 Å². The van der Waals surface area contributed by atoms with E-state index in [1.54, 1.807) is 48.7 Å². The van der Waals surface area contributed by atoms with Gasteiger partial charge in [0.25, 0.3) is 0 Å². The average molecular weight is 415 g/mol. The molecule has 1 N–H and O–H groups in total. The van der Waals surface area contributed by atoms with Crippen LogP contribution in [0.1, 0.15) is 5.56 Å². The lowest BCUT2D eigenvalue weighted by atomic mass is 10.2. The first kappa shape index (κ1) is 17.3. The Morgan fingerprint density at radius 3 is 2.24 bits per heavy atom. The number of hydrogen-bond donors (Lipinski definition) is 1. The van der Waals surface area contributed by atoms with Crippen molar-refractivity contribution in [2.45, 2.75) is 0 Å². The molecule has 0 radical (unpaired) electrons. The molecule has 3 aromatic rings. The summed E-state index contributed by atoms with van der Waals surface area (Å²) in [5.41, 5.74) is 2.65. The van der Waals surface area contributed by atoms with E-state index in [4.69, 9.17) is 11.6 Å². The minimum atomic E-state index is 0.124. The van der Waals surface area contributed by atoms with Crippen molar-refractivity contribution in [2.24, 2.45) is 15.2 Å². The summed E-state index contributed by atoms with van der Waals surface area (Å²) in [5, 5.41) is 19.0. The van der Waals surface area contributed by atoms with Crippen LogP contribution in [0.5, 0.6) is 5.75 Å². The minimum absolute atomic E-state index is 0.124. The summed E-state index contributed by atoms with van der Waals surface area (Å²) in [7, 11) is 0. The number of hydrogen-bond acceptors (Lipinski definition) is 4. The van der Waals surface area contributed by atoms with Crippen LogP contribution >= 0.6 is 27.5 Å². The van der Waals surface area contributed by atoms with Crippen LogP contribution in [0.4, 0.5) is 17.1 Å². The summed E-state index contributed by atoms with van der Waals surface area (Å²) in [6.07, 6.45) is 1.58. The number of halogens is 2. The van der Waals surface area contributed by atoms with Gasteiger partial charge in [-0.3, -0.25) is 4.99 Å². The third kappa shape index (κ3) is 4.98. The highest BCUT2D eigenvalue weighted by Crippen LogP contribution is 2.26. The maximum Gasteiger partial charge on any atom is 0.124 e. The highest BCUT2D eigenvalue weighted by atomic mass is 79.9. The van der Waals surface area contributed by atoms with Crippen LogP contribution in [0.2, 0.25) is 5.02 Å². The summed E-state index contributed by atoms with van der Waals surface area (Å²) in [6.45, 7) is 0. The molecule has 0 aromatic heterocycles. The summed E-state index contributed by atoms with van der Waals surface area (Å²) in [6, 6.07) is 19.6. The Hall–Kier alpha value is -2.50. The van der Waals surface area contributed by atoms with E-state index in [0.29, 0.717) is 16.3 Å². The van der Waals surface area contributed by atoms with Crippen LogP contribution in [0, 0.1) is 0 Å². The van der Waals surface area contributed by atoms with Crippen LogP contribution in [0.15, 0.2) is 86.4 Å². The van der Waals surface area contributed by atoms with E-state index in [9.17, 15) is 5.11 Å². The van der Waals surface area contributed by atoms with Gasteiger partial charge in [0, 0.05) is 21.3 Å². The van der Waals surface area contributed by atoms with Gasteiger partial charge in [0.1, 0.15) is 5.75 Å². The van der Waals surface area contributed by atoms with Gasteiger partial charge in [-0.05, 0) is 60.7 Å². The molecule has 0 fully saturated rings. The van der Waals surface area contributed by atoms with Gasteiger partial charge >= 0.3 is 0 Å². The molecule has 0 saturated heterocycles. The zero-order valence-corrected chi connectivity index (χ0v) is 15.3. The van der Waals surface area contributed by atoms with Crippen LogP contribution in [0.25, 0.3) is 0 Å². The monoisotopic (exact) mass is 413 g/mol. The molecule has 0 bridgehead atoms. The van der Waals surface area contributed by atoms with E-state index in [1.807, 2.05) is 24.3 Å². The number of phenolic OH excluding ortho intramolecular Hbond substituents is 1. The van der Waals surface area contributed by atoms with Crippen LogP contribution in [-0.4, -0.2) is 11.3 Å². The smallest absolute Gasteiger partial charge is 0.124 e. The number of phenols is 1. The van der Waals surface area contributed by atoms with E-state index >= 15 is 0 Å². The van der Waals surface area contributed by atoms with Crippen molar-refractivity contribution in [3.63, 3.8) is 0 Å². The van der Waals surface area contributed by atoms with Crippen LogP contribution < -0.4 is 0 Å². The summed E-state index contributed by atoms with van der Waals surface area (Å²) in [4.78, 5) is 4.33. The number of nitrogens with zero attached hydrogens (tertiary/aromatic N) is 3. The zero-order chi connectivity index (χ0) is 17.6. The van der Waals surface area contributed by atoms with Gasteiger partial charge in [-0.25, -0.2) is 0 Å². The van der Waals surface area contributed by atoms with E-state index in [2.05, 4.69) is 31.2 Å². The Bertz CT molecular complexity index is 940. The Morgan fingerprint density at radius 2 is 1.52 bits per heavy atom. The van der Waals surface area contributed by atoms with Gasteiger partial charge in [0.2, 0.25) is 0 Å². The predicted molar refractivity (Wildman–Crippen MR) is 105 cm³/mol. The lowest BCUT2D eigenvalue weighted by Crippen LogP contribution is -1.82. The van der Waals surface area contributed by atoms with Gasteiger partial charge in [-0.1, -0.05) is 33.6 Å². The number of rotatable bonds is 4. The number of aliphatic imine (C=N–C) groups is 1. The van der Waals surface area contributed by atoms with E-state index in [0.717, 1.165) is 15.8 Å². The summed E-state index contributed by atoms with van der Waals surface area (Å²) < 4.78 is 0.936. The standard InChI is InChI=1S/C19H13BrClN3O/c20-14-2-1-3-17(11-14)23-24-18-8-9-19(25)13(10-18)12-22-16-6-4-15(21)5-7-16/h1-12,25H. The lowest BCUT2D eigenvalue weighted by Gasteiger charge is -2.00. The Kier molecular flexibility index (Phi) is 5.58. The van der Waals surface area contributed by atoms with E-state index < -0.39 is 0 Å². The summed E-state index contributed by atoms with van der Waals surface area (Å²) in [5.74, 6) is 0.124. The fourth-order valence-corrected chi connectivity index (χ4v) is 2.55. The second-order valence-electron chi connectivity index (χ2n) is 5.16. The van der Waals surface area contributed by atoms with Crippen LogP contribution in [0.3, 0.4) is 0 Å². The number of azo groups is 1. The van der Waals surface area contributed by atoms with Crippen molar-refractivity contribution in [1.29, 1.82) is 0 Å². The second kappa shape index (κ2) is 8.05. The third-order valence-electron chi connectivity index (χ3n) is 3.28. The van der Waals surface area contributed by atoms with Crippen molar-refractivity contribution in [2.75, 3.05) is 0 Å². The van der Waals surface area contributed by atoms with Crippen molar-refractivity contribution >= 4 is 50.8 Å². The summed E-state index contributed by atoms with van der Waals surface area (Å²) >= 11 is 9.25. The molecule has 0 aliphatic heterocycles. The molecular weight excluding hydrogens is 402 g/mol. The molecule has 0 spiro atoms. The molecule has 0 aliphatic rings. The van der Waals surface area contributed by atoms with Gasteiger partial charge in [-0.15, -0.1) is 0 Å². The Morgan fingerprint density at radius 1 is 0.840 bits per heavy atom. The quantitative estimate of drug-likeness (QED) is 0.363. The molecule has 0 atom stereocenters. The number of benzene rings is 3. The first-order valence-corrected chi connectivity index (χ1v) is 8.57. The molecule has 0 heterocycles. The molecule has 3 rings (SSSR count). The third-order valence-corrected chi connectivity index (χ3v) is 4.02. The first-order chi connectivity index (χ1) is 12.1. The zero-order valence-electron chi connectivity index (χ0n) is 13.0. The first-order valence-electron chi connectivity index (χ1n) is 7.40. The molecule has 0 amide bonds. The molecule has 25 heavy (non-hydrogen) atoms. The lowest BCUT2D eigenvalue weighted by molar-refractivity contribution is 0.474. The normalized spacial score (nSPS) is 11.4.